The summed E-state index contributed by atoms with van der Waals surface area (Å²) < 4.78 is 10.00. The molecule has 0 aromatic rings. The third-order valence-corrected chi connectivity index (χ3v) is 2.89. The van der Waals surface area contributed by atoms with Crippen LogP contribution in [0.2, 0.25) is 0 Å². The molecule has 106 valence electrons. The van der Waals surface area contributed by atoms with Crippen molar-refractivity contribution in [2.45, 2.75) is 34.6 Å². The maximum atomic E-state index is 12.0. The lowest BCUT2D eigenvalue weighted by Gasteiger charge is -2.30. The van der Waals surface area contributed by atoms with Crippen LogP contribution >= 0.6 is 0 Å². The van der Waals surface area contributed by atoms with E-state index in [9.17, 15) is 9.59 Å². The molecule has 0 saturated carbocycles. The molecule has 0 heterocycles. The van der Waals surface area contributed by atoms with Gasteiger partial charge >= 0.3 is 11.9 Å². The Morgan fingerprint density at radius 1 is 0.944 bits per heavy atom. The van der Waals surface area contributed by atoms with Gasteiger partial charge in [0.2, 0.25) is 0 Å². The summed E-state index contributed by atoms with van der Waals surface area (Å²) in [6.45, 7) is 11.4. The monoisotopic (exact) mass is 259 g/mol. The summed E-state index contributed by atoms with van der Waals surface area (Å²) in [5.74, 6) is -1.04. The van der Waals surface area contributed by atoms with E-state index in [-0.39, 0.29) is 13.2 Å². The highest BCUT2D eigenvalue weighted by Crippen LogP contribution is 2.22. The van der Waals surface area contributed by atoms with Crippen molar-refractivity contribution in [1.82, 2.24) is 4.90 Å². The number of carbonyl (C=O) groups excluding carboxylic acids is 2. The second-order valence-corrected chi connectivity index (χ2v) is 4.23. The van der Waals surface area contributed by atoms with Crippen molar-refractivity contribution in [2.24, 2.45) is 5.41 Å². The van der Waals surface area contributed by atoms with Gasteiger partial charge in [0.1, 0.15) is 0 Å². The molecular weight excluding hydrogens is 234 g/mol. The summed E-state index contributed by atoms with van der Waals surface area (Å²) in [6.07, 6.45) is 0. The second-order valence-electron chi connectivity index (χ2n) is 4.23. The number of hydrogen-bond acceptors (Lipinski definition) is 5. The minimum atomic E-state index is -1.25. The van der Waals surface area contributed by atoms with Crippen LogP contribution in [0.4, 0.5) is 0 Å². The van der Waals surface area contributed by atoms with E-state index in [4.69, 9.17) is 9.47 Å². The van der Waals surface area contributed by atoms with Gasteiger partial charge in [0, 0.05) is 6.54 Å². The van der Waals surface area contributed by atoms with E-state index >= 15 is 0 Å². The Morgan fingerprint density at radius 3 is 1.61 bits per heavy atom. The molecule has 5 heteroatoms. The highest BCUT2D eigenvalue weighted by Gasteiger charge is 2.45. The first-order valence-corrected chi connectivity index (χ1v) is 6.52. The van der Waals surface area contributed by atoms with Crippen LogP contribution in [0.25, 0.3) is 0 Å². The molecule has 18 heavy (non-hydrogen) atoms. The lowest BCUT2D eigenvalue weighted by atomic mass is 9.90. The highest BCUT2D eigenvalue weighted by atomic mass is 16.6. The molecule has 0 radical (unpaired) electrons. The smallest absolute Gasteiger partial charge is 0.324 e. The van der Waals surface area contributed by atoms with Crippen LogP contribution in [0.5, 0.6) is 0 Å². The highest BCUT2D eigenvalue weighted by molar-refractivity contribution is 5.99. The van der Waals surface area contributed by atoms with Crippen LogP contribution < -0.4 is 0 Å². The van der Waals surface area contributed by atoms with Crippen LogP contribution in [0.3, 0.4) is 0 Å². The largest absolute Gasteiger partial charge is 0.465 e. The van der Waals surface area contributed by atoms with Gasteiger partial charge in [-0.3, -0.25) is 9.59 Å². The van der Waals surface area contributed by atoms with E-state index < -0.39 is 17.4 Å². The normalized spacial score (nSPS) is 11.4. The van der Waals surface area contributed by atoms with Gasteiger partial charge in [0.05, 0.1) is 13.2 Å². The van der Waals surface area contributed by atoms with Crippen molar-refractivity contribution in [3.8, 4) is 0 Å². The fraction of sp³-hybridized carbons (Fsp3) is 0.846. The molecule has 0 aromatic heterocycles. The van der Waals surface area contributed by atoms with E-state index in [0.29, 0.717) is 6.54 Å². The zero-order chi connectivity index (χ0) is 14.2. The van der Waals surface area contributed by atoms with Crippen molar-refractivity contribution in [2.75, 3.05) is 32.8 Å². The molecule has 0 aliphatic carbocycles. The first-order chi connectivity index (χ1) is 8.46. The maximum absolute atomic E-state index is 12.0. The first-order valence-electron chi connectivity index (χ1n) is 6.52. The van der Waals surface area contributed by atoms with Crippen molar-refractivity contribution >= 4 is 11.9 Å². The van der Waals surface area contributed by atoms with E-state index in [1.54, 1.807) is 20.8 Å². The summed E-state index contributed by atoms with van der Waals surface area (Å²) in [5.41, 5.74) is -1.25. The molecule has 0 aliphatic heterocycles. The molecule has 0 N–H and O–H groups in total. The molecule has 0 atom stereocenters. The molecule has 0 unspecified atom stereocenters. The molecule has 0 rings (SSSR count). The summed E-state index contributed by atoms with van der Waals surface area (Å²) in [5, 5.41) is 0. The van der Waals surface area contributed by atoms with Gasteiger partial charge in [-0.1, -0.05) is 13.8 Å². The number of hydrogen-bond donors (Lipinski definition) is 0. The minimum absolute atomic E-state index is 0.256. The summed E-state index contributed by atoms with van der Waals surface area (Å²) in [4.78, 5) is 26.0. The molecule has 0 spiro atoms. The van der Waals surface area contributed by atoms with Crippen molar-refractivity contribution in [3.63, 3.8) is 0 Å². The summed E-state index contributed by atoms with van der Waals surface area (Å²) in [7, 11) is 0. The lowest BCUT2D eigenvalue weighted by Crippen LogP contribution is -2.48. The second kappa shape index (κ2) is 8.08. The Labute approximate surface area is 109 Å². The fourth-order valence-electron chi connectivity index (χ4n) is 1.69. The molecule has 0 saturated heterocycles. The topological polar surface area (TPSA) is 55.8 Å². The first kappa shape index (κ1) is 16.9. The predicted octanol–water partition coefficient (Wildman–Crippen LogP) is 1.46. The minimum Gasteiger partial charge on any atom is -0.465 e. The fourth-order valence-corrected chi connectivity index (χ4v) is 1.69. The Morgan fingerprint density at radius 2 is 1.33 bits per heavy atom. The molecule has 0 aromatic carbocycles. The Hall–Kier alpha value is -1.10. The molecule has 5 nitrogen and oxygen atoms in total. The SMILES string of the molecule is CCOC(=O)C(C)(CN(CC)CC)C(=O)OCC. The third kappa shape index (κ3) is 4.29. The lowest BCUT2D eigenvalue weighted by molar-refractivity contribution is -0.172. The van der Waals surface area contributed by atoms with Gasteiger partial charge in [0.25, 0.3) is 0 Å². The summed E-state index contributed by atoms with van der Waals surface area (Å²) in [6, 6.07) is 0. The van der Waals surface area contributed by atoms with Crippen LogP contribution in [-0.4, -0.2) is 49.7 Å². The number of nitrogens with zero attached hydrogens (tertiary/aromatic N) is 1. The molecule has 0 aliphatic rings. The van der Waals surface area contributed by atoms with Crippen molar-refractivity contribution in [1.29, 1.82) is 0 Å². The van der Waals surface area contributed by atoms with Crippen LogP contribution in [-0.2, 0) is 19.1 Å². The van der Waals surface area contributed by atoms with Gasteiger partial charge in [-0.05, 0) is 33.9 Å². The average molecular weight is 259 g/mol. The summed E-state index contributed by atoms with van der Waals surface area (Å²) >= 11 is 0. The van der Waals surface area contributed by atoms with E-state index in [2.05, 4.69) is 0 Å². The van der Waals surface area contributed by atoms with Gasteiger partial charge in [-0.2, -0.15) is 0 Å². The standard InChI is InChI=1S/C13H25NO4/c1-6-14(7-2)10-13(5,11(15)17-8-3)12(16)18-9-4/h6-10H2,1-5H3. The number of carbonyl (C=O) groups is 2. The van der Waals surface area contributed by atoms with Gasteiger partial charge in [-0.25, -0.2) is 0 Å². The zero-order valence-corrected chi connectivity index (χ0v) is 12.1. The predicted molar refractivity (Wildman–Crippen MR) is 69.2 cm³/mol. The third-order valence-electron chi connectivity index (χ3n) is 2.89. The van der Waals surface area contributed by atoms with Crippen LogP contribution in [0.1, 0.15) is 34.6 Å². The van der Waals surface area contributed by atoms with E-state index in [1.807, 2.05) is 18.7 Å². The van der Waals surface area contributed by atoms with E-state index in [0.717, 1.165) is 13.1 Å². The van der Waals surface area contributed by atoms with Gasteiger partial charge in [-0.15, -0.1) is 0 Å². The number of ether oxygens (including phenoxy) is 2. The zero-order valence-electron chi connectivity index (χ0n) is 12.1. The van der Waals surface area contributed by atoms with Crippen molar-refractivity contribution < 1.29 is 19.1 Å². The quantitative estimate of drug-likeness (QED) is 0.488. The molecular formula is C13H25NO4. The maximum Gasteiger partial charge on any atom is 0.324 e. The number of rotatable bonds is 8. The van der Waals surface area contributed by atoms with Gasteiger partial charge < -0.3 is 14.4 Å². The Balaban J connectivity index is 5.01. The number of esters is 2. The van der Waals surface area contributed by atoms with Gasteiger partial charge in [0.15, 0.2) is 5.41 Å². The Kier molecular flexibility index (Phi) is 7.59. The Bertz CT molecular complexity index is 256. The van der Waals surface area contributed by atoms with Crippen LogP contribution in [0.15, 0.2) is 0 Å². The van der Waals surface area contributed by atoms with E-state index in [1.165, 1.54) is 0 Å². The average Bonchev–Trinajstić information content (AvgIpc) is 2.36. The van der Waals surface area contributed by atoms with Crippen LogP contribution in [0, 0.1) is 5.41 Å². The molecule has 0 bridgehead atoms. The molecule has 0 fully saturated rings. The molecule has 0 amide bonds. The van der Waals surface area contributed by atoms with Crippen molar-refractivity contribution in [3.05, 3.63) is 0 Å².